The van der Waals surface area contributed by atoms with Crippen LogP contribution in [0.2, 0.25) is 0 Å². The number of fused-ring (bicyclic) bond motifs is 2. The fourth-order valence-electron chi connectivity index (χ4n) is 6.35. The molecular weight excluding hydrogens is 739 g/mol. The van der Waals surface area contributed by atoms with E-state index >= 15 is 0 Å². The van der Waals surface area contributed by atoms with Crippen LogP contribution in [0.1, 0.15) is 39.6 Å². The lowest BCUT2D eigenvalue weighted by Gasteiger charge is -2.15. The van der Waals surface area contributed by atoms with Gasteiger partial charge in [0.15, 0.2) is 48.5 Å². The van der Waals surface area contributed by atoms with Crippen LogP contribution in [-0.2, 0) is 19.7 Å². The van der Waals surface area contributed by atoms with Crippen molar-refractivity contribution in [2.24, 2.45) is 0 Å². The highest BCUT2D eigenvalue weighted by Gasteiger charge is 2.34. The third-order valence-corrected chi connectivity index (χ3v) is 11.4. The van der Waals surface area contributed by atoms with Crippen LogP contribution in [0.4, 0.5) is 8.78 Å². The van der Waals surface area contributed by atoms with Crippen molar-refractivity contribution in [3.8, 4) is 45.3 Å². The molecule has 9 nitrogen and oxygen atoms in total. The molecule has 2 unspecified atom stereocenters. The number of ketones is 1. The van der Waals surface area contributed by atoms with Gasteiger partial charge < -0.3 is 18.9 Å². The molecule has 0 radical (unpaired) electrons. The first-order valence-corrected chi connectivity index (χ1v) is 20.2. The van der Waals surface area contributed by atoms with Crippen molar-refractivity contribution >= 4 is 25.5 Å². The molecule has 0 fully saturated rings. The maximum absolute atomic E-state index is 15.0. The minimum atomic E-state index is -3.54. The maximum atomic E-state index is 15.0. The monoisotopic (exact) mass is 766 g/mol. The van der Waals surface area contributed by atoms with E-state index in [-0.39, 0.29) is 55.0 Å². The second-order valence-electron chi connectivity index (χ2n) is 12.8. The molecular formula is C41H28F2O9S2. The molecule has 0 bridgehead atoms. The van der Waals surface area contributed by atoms with E-state index < -0.39 is 49.7 Å². The molecule has 0 spiro atoms. The number of ether oxygens (including phenoxy) is 4. The molecule has 272 valence electrons. The standard InChI is InChI=1S/C41H28F2O9S2/c1-53(45,46)25-15-11-23(12-16-25)29-19-35-37(51-40(49-35)27-7-3-5-9-33(27)42)21-31(29)39(44)32-22-38-36(50-41(52-38)28-8-4-6-10-34(28)43)20-30(32)24-13-17-26(18-14-24)54(2,47)48/h3-22,40-41H,1-2H3. The minimum Gasteiger partial charge on any atom is -0.447 e. The Hall–Kier alpha value is -6.05. The normalized spacial score (nSPS) is 16.0. The van der Waals surface area contributed by atoms with Crippen LogP contribution < -0.4 is 18.9 Å². The predicted molar refractivity (Wildman–Crippen MR) is 194 cm³/mol. The second kappa shape index (κ2) is 13.1. The number of hydrogen-bond acceptors (Lipinski definition) is 9. The first-order valence-electron chi connectivity index (χ1n) is 16.4. The van der Waals surface area contributed by atoms with E-state index in [1.165, 1.54) is 72.8 Å². The predicted octanol–water partition coefficient (Wildman–Crippen LogP) is 8.28. The topological polar surface area (TPSA) is 122 Å². The minimum absolute atomic E-state index is 0.0690. The van der Waals surface area contributed by atoms with Gasteiger partial charge in [0, 0.05) is 23.6 Å². The van der Waals surface area contributed by atoms with Gasteiger partial charge >= 0.3 is 0 Å². The highest BCUT2D eigenvalue weighted by molar-refractivity contribution is 7.91. The van der Waals surface area contributed by atoms with Crippen molar-refractivity contribution in [2.75, 3.05) is 12.5 Å². The molecule has 2 heterocycles. The van der Waals surface area contributed by atoms with Crippen LogP contribution in [0.25, 0.3) is 22.3 Å². The summed E-state index contributed by atoms with van der Waals surface area (Å²) in [5, 5.41) is 0. The molecule has 13 heteroatoms. The molecule has 0 aromatic heterocycles. The zero-order chi connectivity index (χ0) is 37.9. The summed E-state index contributed by atoms with van der Waals surface area (Å²) in [5.41, 5.74) is 2.11. The number of sulfone groups is 2. The summed E-state index contributed by atoms with van der Waals surface area (Å²) in [6.07, 6.45) is -0.143. The van der Waals surface area contributed by atoms with Crippen LogP contribution >= 0.6 is 0 Å². The Labute approximate surface area is 309 Å². The van der Waals surface area contributed by atoms with Crippen molar-refractivity contribution < 1.29 is 49.4 Å². The van der Waals surface area contributed by atoms with Crippen molar-refractivity contribution in [2.45, 2.75) is 22.4 Å². The summed E-state index contributed by atoms with van der Waals surface area (Å²) < 4.78 is 103. The highest BCUT2D eigenvalue weighted by Crippen LogP contribution is 2.48. The van der Waals surface area contributed by atoms with Gasteiger partial charge in [0.25, 0.3) is 12.6 Å². The first-order chi connectivity index (χ1) is 25.7. The van der Waals surface area contributed by atoms with Gasteiger partial charge in [0.1, 0.15) is 11.6 Å². The largest absolute Gasteiger partial charge is 0.447 e. The summed E-state index contributed by atoms with van der Waals surface area (Å²) in [6.45, 7) is 0. The molecule has 2 aliphatic rings. The first kappa shape index (κ1) is 35.0. The molecule has 6 aromatic carbocycles. The Morgan fingerprint density at radius 3 is 1.17 bits per heavy atom. The molecule has 6 aromatic rings. The summed E-state index contributed by atoms with van der Waals surface area (Å²) in [7, 11) is -7.08. The average molecular weight is 767 g/mol. The van der Waals surface area contributed by atoms with E-state index in [9.17, 15) is 30.4 Å². The Morgan fingerprint density at radius 2 is 0.833 bits per heavy atom. The van der Waals surface area contributed by atoms with Gasteiger partial charge in [0.2, 0.25) is 0 Å². The Bertz CT molecular complexity index is 2530. The molecule has 54 heavy (non-hydrogen) atoms. The second-order valence-corrected chi connectivity index (χ2v) is 16.8. The average Bonchev–Trinajstić information content (AvgIpc) is 3.77. The maximum Gasteiger partial charge on any atom is 0.270 e. The van der Waals surface area contributed by atoms with E-state index in [0.717, 1.165) is 12.5 Å². The molecule has 0 saturated heterocycles. The number of rotatable bonds is 8. The Balaban J connectivity index is 1.28. The SMILES string of the molecule is CS(=O)(=O)c1ccc(-c2cc3c(cc2C(=O)c2cc4c(cc2-c2ccc(S(C)(=O)=O)cc2)OC(c2ccccc2F)O4)OC(c2ccccc2F)O3)cc1. The molecule has 2 aliphatic heterocycles. The van der Waals surface area contributed by atoms with Crippen molar-refractivity contribution in [1.29, 1.82) is 0 Å². The summed E-state index contributed by atoms with van der Waals surface area (Å²) in [6, 6.07) is 29.9. The smallest absolute Gasteiger partial charge is 0.270 e. The van der Waals surface area contributed by atoms with Gasteiger partial charge in [-0.25, -0.2) is 25.6 Å². The molecule has 8 rings (SSSR count). The van der Waals surface area contributed by atoms with Crippen molar-refractivity contribution in [3.05, 3.63) is 155 Å². The summed E-state index contributed by atoms with van der Waals surface area (Å²) in [5.74, 6) is -0.896. The summed E-state index contributed by atoms with van der Waals surface area (Å²) >= 11 is 0. The number of halogens is 2. The third-order valence-electron chi connectivity index (χ3n) is 9.10. The van der Waals surface area contributed by atoms with Gasteiger partial charge in [-0.15, -0.1) is 0 Å². The quantitative estimate of drug-likeness (QED) is 0.141. The lowest BCUT2D eigenvalue weighted by Crippen LogP contribution is -2.10. The molecule has 2 atom stereocenters. The number of carbonyl (C=O) groups is 1. The van der Waals surface area contributed by atoms with Gasteiger partial charge in [-0.2, -0.15) is 0 Å². The Kier molecular flexibility index (Phi) is 8.50. The van der Waals surface area contributed by atoms with Crippen LogP contribution in [0.15, 0.2) is 131 Å². The number of carbonyl (C=O) groups excluding carboxylic acids is 1. The fraction of sp³-hybridized carbons (Fsp3) is 0.0976. The van der Waals surface area contributed by atoms with E-state index in [0.29, 0.717) is 22.3 Å². The lowest BCUT2D eigenvalue weighted by atomic mass is 9.89. The van der Waals surface area contributed by atoms with Gasteiger partial charge in [0.05, 0.1) is 20.9 Å². The van der Waals surface area contributed by atoms with E-state index in [1.807, 2.05) is 0 Å². The van der Waals surface area contributed by atoms with E-state index in [2.05, 4.69) is 0 Å². The molecule has 0 N–H and O–H groups in total. The van der Waals surface area contributed by atoms with Gasteiger partial charge in [-0.3, -0.25) is 4.79 Å². The van der Waals surface area contributed by atoms with Gasteiger partial charge in [-0.1, -0.05) is 48.5 Å². The lowest BCUT2D eigenvalue weighted by molar-refractivity contribution is 0.0451. The van der Waals surface area contributed by atoms with Gasteiger partial charge in [-0.05, 0) is 95.1 Å². The number of benzene rings is 6. The third kappa shape index (κ3) is 6.45. The highest BCUT2D eigenvalue weighted by atomic mass is 32.2. The summed E-state index contributed by atoms with van der Waals surface area (Å²) in [4.78, 5) is 15.1. The zero-order valence-electron chi connectivity index (χ0n) is 28.4. The van der Waals surface area contributed by atoms with E-state index in [1.54, 1.807) is 48.5 Å². The fourth-order valence-corrected chi connectivity index (χ4v) is 7.61. The number of hydrogen-bond donors (Lipinski definition) is 0. The van der Waals surface area contributed by atoms with Crippen LogP contribution in [-0.4, -0.2) is 35.1 Å². The zero-order valence-corrected chi connectivity index (χ0v) is 30.1. The van der Waals surface area contributed by atoms with E-state index in [4.69, 9.17) is 18.9 Å². The Morgan fingerprint density at radius 1 is 0.500 bits per heavy atom. The molecule has 0 saturated carbocycles. The molecule has 0 aliphatic carbocycles. The van der Waals surface area contributed by atoms with Crippen molar-refractivity contribution in [1.82, 2.24) is 0 Å². The van der Waals surface area contributed by atoms with Crippen LogP contribution in [0.3, 0.4) is 0 Å². The molecule has 0 amide bonds. The van der Waals surface area contributed by atoms with Crippen LogP contribution in [0.5, 0.6) is 23.0 Å². The van der Waals surface area contributed by atoms with Crippen LogP contribution in [0, 0.1) is 11.6 Å². The van der Waals surface area contributed by atoms with Crippen molar-refractivity contribution in [3.63, 3.8) is 0 Å².